The molecule has 0 bridgehead atoms. The van der Waals surface area contributed by atoms with Gasteiger partial charge in [-0.2, -0.15) is 0 Å². The maximum absolute atomic E-state index is 7.45. The molecule has 0 spiro atoms. The van der Waals surface area contributed by atoms with Gasteiger partial charge in [-0.05, 0) is 74.0 Å². The zero-order valence-corrected chi connectivity index (χ0v) is 14.1. The third-order valence-corrected chi connectivity index (χ3v) is 7.08. The standard InChI is InChI=1S/C17H28.H4NO2P/c1-2-6-14-12(4-1)8-10-17-15-7-3-5-13(15)9-11-16(14)17;1-4(2)3/h12-17H,1-11H2;2-3H,1H2/t12?,13-,14-,15+,16+,17-;/m0./s1. The fraction of sp³-hybridized carbons (Fsp3) is 1.00. The summed E-state index contributed by atoms with van der Waals surface area (Å²) in [6.07, 6.45) is 17.5. The molecule has 0 amide bonds. The Morgan fingerprint density at radius 3 is 1.57 bits per heavy atom. The molecule has 0 aromatic heterocycles. The van der Waals surface area contributed by atoms with Crippen LogP contribution >= 0.6 is 8.53 Å². The van der Waals surface area contributed by atoms with Gasteiger partial charge in [-0.15, -0.1) is 0 Å². The zero-order chi connectivity index (χ0) is 14.8. The van der Waals surface area contributed by atoms with Crippen LogP contribution in [0.25, 0.3) is 0 Å². The summed E-state index contributed by atoms with van der Waals surface area (Å²) in [5.41, 5.74) is 4.29. The lowest BCUT2D eigenvalue weighted by atomic mass is 9.54. The van der Waals surface area contributed by atoms with Gasteiger partial charge >= 0.3 is 0 Å². The van der Waals surface area contributed by atoms with E-state index in [0.717, 1.165) is 11.8 Å². The van der Waals surface area contributed by atoms with Crippen LogP contribution in [0, 0.1) is 35.5 Å². The maximum atomic E-state index is 7.45. The highest BCUT2D eigenvalue weighted by molar-refractivity contribution is 7.42. The van der Waals surface area contributed by atoms with Crippen LogP contribution in [-0.2, 0) is 0 Å². The van der Waals surface area contributed by atoms with E-state index in [4.69, 9.17) is 9.79 Å². The van der Waals surface area contributed by atoms with Crippen LogP contribution < -0.4 is 5.50 Å². The second-order valence-corrected chi connectivity index (χ2v) is 8.51. The van der Waals surface area contributed by atoms with Gasteiger partial charge in [0.05, 0.1) is 0 Å². The summed E-state index contributed by atoms with van der Waals surface area (Å²) < 4.78 is 0. The van der Waals surface area contributed by atoms with E-state index < -0.39 is 8.53 Å². The van der Waals surface area contributed by atoms with E-state index in [9.17, 15) is 0 Å². The summed E-state index contributed by atoms with van der Waals surface area (Å²) >= 11 is 0. The molecule has 3 nitrogen and oxygen atoms in total. The Balaban J connectivity index is 0.000000298. The Hall–Kier alpha value is 0.310. The predicted octanol–water partition coefficient (Wildman–Crippen LogP) is 4.19. The van der Waals surface area contributed by atoms with Gasteiger partial charge in [-0.25, -0.2) is 0 Å². The lowest BCUT2D eigenvalue weighted by Gasteiger charge is -2.51. The minimum atomic E-state index is -2.12. The van der Waals surface area contributed by atoms with Gasteiger partial charge in [-0.1, -0.05) is 32.1 Å². The molecule has 4 aliphatic carbocycles. The largest absolute Gasteiger partial charge is 0.338 e. The van der Waals surface area contributed by atoms with Crippen molar-refractivity contribution in [3.63, 3.8) is 0 Å². The normalized spacial score (nSPS) is 45.1. The molecule has 4 heteroatoms. The molecule has 0 saturated heterocycles. The Morgan fingerprint density at radius 1 is 0.571 bits per heavy atom. The number of hydrogen-bond acceptors (Lipinski definition) is 3. The summed E-state index contributed by atoms with van der Waals surface area (Å²) in [4.78, 5) is 14.9. The monoisotopic (exact) mass is 313 g/mol. The highest BCUT2D eigenvalue weighted by Gasteiger charge is 2.48. The first-order valence-electron chi connectivity index (χ1n) is 9.09. The minimum absolute atomic E-state index is 1.16. The first-order chi connectivity index (χ1) is 10.2. The fourth-order valence-corrected chi connectivity index (χ4v) is 6.45. The van der Waals surface area contributed by atoms with Gasteiger partial charge in [0.2, 0.25) is 8.53 Å². The van der Waals surface area contributed by atoms with Gasteiger partial charge in [0.1, 0.15) is 0 Å². The van der Waals surface area contributed by atoms with Gasteiger partial charge in [0.15, 0.2) is 0 Å². The van der Waals surface area contributed by atoms with Gasteiger partial charge in [-0.3, -0.25) is 5.50 Å². The average molecular weight is 313 g/mol. The fourth-order valence-electron chi connectivity index (χ4n) is 6.45. The first-order valence-corrected chi connectivity index (χ1v) is 10.4. The van der Waals surface area contributed by atoms with E-state index in [1.54, 1.807) is 70.6 Å². The molecule has 6 atom stereocenters. The van der Waals surface area contributed by atoms with Crippen molar-refractivity contribution in [2.75, 3.05) is 0 Å². The molecule has 0 aromatic rings. The van der Waals surface area contributed by atoms with Crippen LogP contribution in [0.1, 0.15) is 70.6 Å². The Morgan fingerprint density at radius 2 is 1.00 bits per heavy atom. The quantitative estimate of drug-likeness (QED) is 0.588. The topological polar surface area (TPSA) is 66.5 Å². The smallest absolute Gasteiger partial charge is 0.247 e. The van der Waals surface area contributed by atoms with E-state index in [0.29, 0.717) is 0 Å². The lowest BCUT2D eigenvalue weighted by Crippen LogP contribution is -2.43. The molecule has 4 aliphatic rings. The zero-order valence-electron chi connectivity index (χ0n) is 13.2. The lowest BCUT2D eigenvalue weighted by molar-refractivity contribution is -0.0184. The summed E-state index contributed by atoms with van der Waals surface area (Å²) in [5.74, 6) is 7.02. The number of rotatable bonds is 0. The van der Waals surface area contributed by atoms with Gasteiger partial charge < -0.3 is 9.79 Å². The number of nitrogens with two attached hydrogens (primary N) is 1. The van der Waals surface area contributed by atoms with Gasteiger partial charge in [0.25, 0.3) is 0 Å². The van der Waals surface area contributed by atoms with Crippen molar-refractivity contribution < 1.29 is 9.79 Å². The molecule has 4 rings (SSSR count). The van der Waals surface area contributed by atoms with Crippen LogP contribution in [-0.4, -0.2) is 9.79 Å². The molecule has 4 saturated carbocycles. The van der Waals surface area contributed by atoms with Crippen molar-refractivity contribution in [3.8, 4) is 0 Å². The van der Waals surface area contributed by atoms with Crippen LogP contribution in [0.3, 0.4) is 0 Å². The van der Waals surface area contributed by atoms with E-state index in [1.165, 1.54) is 23.7 Å². The highest BCUT2D eigenvalue weighted by Crippen LogP contribution is 2.57. The van der Waals surface area contributed by atoms with Crippen molar-refractivity contribution in [1.82, 2.24) is 0 Å². The highest BCUT2D eigenvalue weighted by atomic mass is 31.2. The molecule has 0 aromatic carbocycles. The molecule has 0 heterocycles. The minimum Gasteiger partial charge on any atom is -0.338 e. The number of hydrogen-bond donors (Lipinski definition) is 3. The molecule has 0 radical (unpaired) electrons. The van der Waals surface area contributed by atoms with Crippen molar-refractivity contribution >= 4 is 8.53 Å². The SMILES string of the molecule is C1CC[C@H]2C(C1)CC[C@H]1[C@@H]3CCC[C@H]3CC[C@@H]12.NP(O)O. The Kier molecular flexibility index (Phi) is 5.59. The summed E-state index contributed by atoms with van der Waals surface area (Å²) in [7, 11) is -2.12. The molecular formula is C17H32NO2P. The molecule has 1 unspecified atom stereocenters. The Labute approximate surface area is 130 Å². The van der Waals surface area contributed by atoms with Crippen molar-refractivity contribution in [2.24, 2.45) is 41.0 Å². The van der Waals surface area contributed by atoms with Crippen molar-refractivity contribution in [2.45, 2.75) is 70.6 Å². The van der Waals surface area contributed by atoms with Crippen LogP contribution in [0.2, 0.25) is 0 Å². The molecule has 4 fully saturated rings. The van der Waals surface area contributed by atoms with Crippen molar-refractivity contribution in [3.05, 3.63) is 0 Å². The van der Waals surface area contributed by atoms with Crippen LogP contribution in [0.5, 0.6) is 0 Å². The van der Waals surface area contributed by atoms with Crippen LogP contribution in [0.15, 0.2) is 0 Å². The molecule has 21 heavy (non-hydrogen) atoms. The maximum Gasteiger partial charge on any atom is 0.247 e. The summed E-state index contributed by atoms with van der Waals surface area (Å²) in [6, 6.07) is 0. The second kappa shape index (κ2) is 7.25. The van der Waals surface area contributed by atoms with Gasteiger partial charge in [0, 0.05) is 0 Å². The second-order valence-electron chi connectivity index (χ2n) is 7.87. The average Bonchev–Trinajstić information content (AvgIpc) is 2.95. The third-order valence-electron chi connectivity index (χ3n) is 7.08. The summed E-state index contributed by atoms with van der Waals surface area (Å²) in [5, 5.41) is 0. The van der Waals surface area contributed by atoms with E-state index >= 15 is 0 Å². The Bertz CT molecular complexity index is 336. The molecule has 0 aliphatic heterocycles. The molecule has 4 N–H and O–H groups in total. The van der Waals surface area contributed by atoms with E-state index in [2.05, 4.69) is 5.50 Å². The third kappa shape index (κ3) is 3.63. The van der Waals surface area contributed by atoms with Crippen molar-refractivity contribution in [1.29, 1.82) is 0 Å². The number of fused-ring (bicyclic) bond motifs is 5. The molecular weight excluding hydrogens is 281 g/mol. The summed E-state index contributed by atoms with van der Waals surface area (Å²) in [6.45, 7) is 0. The van der Waals surface area contributed by atoms with E-state index in [1.807, 2.05) is 0 Å². The van der Waals surface area contributed by atoms with E-state index in [-0.39, 0.29) is 0 Å². The van der Waals surface area contributed by atoms with Crippen LogP contribution in [0.4, 0.5) is 0 Å². The first kappa shape index (κ1) is 16.2. The predicted molar refractivity (Wildman–Crippen MR) is 87.3 cm³/mol. The molecule has 122 valence electrons.